The number of hydrogen-bond donors (Lipinski definition) is 3. The van der Waals surface area contributed by atoms with Crippen molar-refractivity contribution < 1.29 is 24.9 Å². The molecule has 0 fully saturated rings. The summed E-state index contributed by atoms with van der Waals surface area (Å²) in [5.74, 6) is -1.86. The number of benzene rings is 3. The molecular formula is C21H17BrO5. The van der Waals surface area contributed by atoms with Gasteiger partial charge in [0.2, 0.25) is 0 Å². The zero-order chi connectivity index (χ0) is 19.8. The molecule has 0 aliphatic rings. The molecule has 0 amide bonds. The lowest BCUT2D eigenvalue weighted by Gasteiger charge is -2.11. The van der Waals surface area contributed by atoms with Gasteiger partial charge < -0.3 is 15.3 Å². The lowest BCUT2D eigenvalue weighted by molar-refractivity contribution is 0.0686. The largest absolute Gasteiger partial charge is 0.478 e. The van der Waals surface area contributed by atoms with E-state index >= 15 is 0 Å². The van der Waals surface area contributed by atoms with Crippen molar-refractivity contribution in [1.29, 1.82) is 0 Å². The highest BCUT2D eigenvalue weighted by Gasteiger charge is 2.10. The Morgan fingerprint density at radius 2 is 1.07 bits per heavy atom. The van der Waals surface area contributed by atoms with Crippen molar-refractivity contribution in [1.82, 2.24) is 0 Å². The molecule has 1 unspecified atom stereocenters. The van der Waals surface area contributed by atoms with Gasteiger partial charge in [0.05, 0.1) is 11.1 Å². The molecular weight excluding hydrogens is 412 g/mol. The molecule has 0 radical (unpaired) electrons. The quantitative estimate of drug-likeness (QED) is 0.563. The summed E-state index contributed by atoms with van der Waals surface area (Å²) in [7, 11) is 0. The van der Waals surface area contributed by atoms with Crippen molar-refractivity contribution in [2.75, 3.05) is 0 Å². The van der Waals surface area contributed by atoms with Gasteiger partial charge in [-0.25, -0.2) is 9.59 Å². The molecule has 3 rings (SSSR count). The van der Waals surface area contributed by atoms with Crippen LogP contribution in [-0.4, -0.2) is 27.3 Å². The minimum atomic E-state index is -0.967. The van der Waals surface area contributed by atoms with Crippen LogP contribution in [0.25, 0.3) is 0 Å². The third-order valence-electron chi connectivity index (χ3n) is 3.68. The number of aliphatic hydroxyl groups is 1. The van der Waals surface area contributed by atoms with Crippen molar-refractivity contribution in [3.8, 4) is 0 Å². The molecule has 0 saturated carbocycles. The van der Waals surface area contributed by atoms with Gasteiger partial charge in [-0.1, -0.05) is 58.4 Å². The number of rotatable bonds is 4. The van der Waals surface area contributed by atoms with Crippen molar-refractivity contribution in [2.24, 2.45) is 0 Å². The maximum atomic E-state index is 10.7. The van der Waals surface area contributed by atoms with E-state index in [0.29, 0.717) is 11.1 Å². The molecule has 5 nitrogen and oxygen atoms in total. The van der Waals surface area contributed by atoms with Crippen molar-refractivity contribution in [2.45, 2.75) is 6.10 Å². The maximum absolute atomic E-state index is 10.7. The van der Waals surface area contributed by atoms with Gasteiger partial charge in [0.25, 0.3) is 0 Å². The minimum absolute atomic E-state index is 0.217. The molecule has 0 aromatic heterocycles. The summed E-state index contributed by atoms with van der Waals surface area (Å²) in [6.45, 7) is 0. The van der Waals surface area contributed by atoms with Gasteiger partial charge in [0.1, 0.15) is 6.10 Å². The van der Waals surface area contributed by atoms with Crippen LogP contribution < -0.4 is 0 Å². The summed E-state index contributed by atoms with van der Waals surface area (Å²) in [4.78, 5) is 21.0. The van der Waals surface area contributed by atoms with Gasteiger partial charge in [-0.05, 0) is 47.5 Å². The van der Waals surface area contributed by atoms with Crippen LogP contribution in [0.15, 0.2) is 83.3 Å². The van der Waals surface area contributed by atoms with Crippen molar-refractivity contribution >= 4 is 27.9 Å². The molecule has 3 aromatic carbocycles. The van der Waals surface area contributed by atoms with Crippen LogP contribution in [0.2, 0.25) is 0 Å². The Balaban J connectivity index is 0.000000223. The Labute approximate surface area is 164 Å². The van der Waals surface area contributed by atoms with E-state index < -0.39 is 18.0 Å². The first-order valence-corrected chi connectivity index (χ1v) is 8.73. The summed E-state index contributed by atoms with van der Waals surface area (Å²) in [6, 6.07) is 22.0. The lowest BCUT2D eigenvalue weighted by atomic mass is 10.0. The second kappa shape index (κ2) is 9.66. The minimum Gasteiger partial charge on any atom is -0.478 e. The smallest absolute Gasteiger partial charge is 0.335 e. The zero-order valence-electron chi connectivity index (χ0n) is 14.1. The Bertz CT molecular complexity index is 890. The number of aliphatic hydroxyl groups excluding tert-OH is 1. The molecule has 138 valence electrons. The van der Waals surface area contributed by atoms with Crippen LogP contribution in [0.4, 0.5) is 0 Å². The molecule has 0 spiro atoms. The molecule has 6 heteroatoms. The van der Waals surface area contributed by atoms with Crippen LogP contribution in [-0.2, 0) is 0 Å². The van der Waals surface area contributed by atoms with E-state index in [2.05, 4.69) is 15.9 Å². The first-order valence-electron chi connectivity index (χ1n) is 7.93. The number of carboxylic acid groups (broad SMARTS) is 2. The molecule has 27 heavy (non-hydrogen) atoms. The topological polar surface area (TPSA) is 94.8 Å². The van der Waals surface area contributed by atoms with Gasteiger partial charge in [-0.2, -0.15) is 0 Å². The van der Waals surface area contributed by atoms with E-state index in [1.807, 2.05) is 30.3 Å². The molecule has 1 atom stereocenters. The van der Waals surface area contributed by atoms with Gasteiger partial charge in [0.15, 0.2) is 0 Å². The highest BCUT2D eigenvalue weighted by Crippen LogP contribution is 2.21. The molecule has 0 bridgehead atoms. The van der Waals surface area contributed by atoms with E-state index in [0.717, 1.165) is 10.0 Å². The number of carboxylic acids is 2. The monoisotopic (exact) mass is 428 g/mol. The Morgan fingerprint density at radius 3 is 1.52 bits per heavy atom. The number of aromatic carboxylic acids is 2. The summed E-state index contributed by atoms with van der Waals surface area (Å²) >= 11 is 3.20. The van der Waals surface area contributed by atoms with Crippen LogP contribution in [0.5, 0.6) is 0 Å². The maximum Gasteiger partial charge on any atom is 0.335 e. The van der Waals surface area contributed by atoms with Crippen LogP contribution >= 0.6 is 15.9 Å². The fourth-order valence-electron chi connectivity index (χ4n) is 2.23. The average molecular weight is 429 g/mol. The normalized spacial score (nSPS) is 11.0. The van der Waals surface area contributed by atoms with Crippen molar-refractivity contribution in [3.63, 3.8) is 0 Å². The number of hydrogen-bond acceptors (Lipinski definition) is 3. The predicted octanol–water partition coefficient (Wildman–Crippen LogP) is 4.61. The molecule has 0 aliphatic heterocycles. The van der Waals surface area contributed by atoms with E-state index in [-0.39, 0.29) is 5.56 Å². The fraction of sp³-hybridized carbons (Fsp3) is 0.0476. The van der Waals surface area contributed by atoms with E-state index in [1.165, 1.54) is 12.1 Å². The third-order valence-corrected chi connectivity index (χ3v) is 4.21. The molecule has 0 aliphatic carbocycles. The lowest BCUT2D eigenvalue weighted by Crippen LogP contribution is -2.01. The standard InChI is InChI=1S/C14H12O3.C7H5BrO2/c15-13(10-4-2-1-3-5-10)11-6-8-12(9-7-11)14(16)17;8-6-3-1-5(2-4-6)7(9)10/h1-9,13,15H,(H,16,17);1-4H,(H,9,10). The van der Waals surface area contributed by atoms with E-state index in [9.17, 15) is 14.7 Å². The first kappa shape index (κ1) is 20.4. The third kappa shape index (κ3) is 6.06. The molecule has 0 saturated heterocycles. The average Bonchev–Trinajstić information content (AvgIpc) is 2.69. The highest BCUT2D eigenvalue weighted by atomic mass is 79.9. The van der Waals surface area contributed by atoms with Gasteiger partial charge >= 0.3 is 11.9 Å². The van der Waals surface area contributed by atoms with Crippen LogP contribution in [0.1, 0.15) is 37.9 Å². The molecule has 3 aromatic rings. The van der Waals surface area contributed by atoms with Crippen molar-refractivity contribution in [3.05, 3.63) is 106 Å². The van der Waals surface area contributed by atoms with Gasteiger partial charge in [0, 0.05) is 4.47 Å². The number of carbonyl (C=O) groups is 2. The van der Waals surface area contributed by atoms with E-state index in [1.54, 1.807) is 36.4 Å². The Kier molecular flexibility index (Phi) is 7.28. The second-order valence-electron chi connectivity index (χ2n) is 5.55. The second-order valence-corrected chi connectivity index (χ2v) is 6.47. The summed E-state index contributed by atoms with van der Waals surface area (Å²) in [6.07, 6.45) is -0.723. The fourth-order valence-corrected chi connectivity index (χ4v) is 2.49. The molecule has 3 N–H and O–H groups in total. The van der Waals surface area contributed by atoms with Crippen LogP contribution in [0, 0.1) is 0 Å². The first-order chi connectivity index (χ1) is 12.9. The number of halogens is 1. The summed E-state index contributed by atoms with van der Waals surface area (Å²) in [5, 5.41) is 27.3. The summed E-state index contributed by atoms with van der Waals surface area (Å²) in [5.41, 5.74) is 1.99. The predicted molar refractivity (Wildman–Crippen MR) is 105 cm³/mol. The summed E-state index contributed by atoms with van der Waals surface area (Å²) < 4.78 is 0.887. The Hall–Kier alpha value is -2.96. The zero-order valence-corrected chi connectivity index (χ0v) is 15.7. The van der Waals surface area contributed by atoms with Gasteiger partial charge in [-0.3, -0.25) is 0 Å². The molecule has 0 heterocycles. The Morgan fingerprint density at radius 1 is 0.667 bits per heavy atom. The highest BCUT2D eigenvalue weighted by molar-refractivity contribution is 9.10. The van der Waals surface area contributed by atoms with E-state index in [4.69, 9.17) is 10.2 Å². The van der Waals surface area contributed by atoms with Crippen LogP contribution in [0.3, 0.4) is 0 Å². The van der Waals surface area contributed by atoms with Gasteiger partial charge in [-0.15, -0.1) is 0 Å². The SMILES string of the molecule is O=C(O)c1ccc(Br)cc1.O=C(O)c1ccc(C(O)c2ccccc2)cc1.